The second-order valence-corrected chi connectivity index (χ2v) is 3.54. The monoisotopic (exact) mass is 222 g/mol. The molecule has 1 unspecified atom stereocenters. The van der Waals surface area contributed by atoms with Gasteiger partial charge in [-0.2, -0.15) is 0 Å². The fraction of sp³-hybridized carbons (Fsp3) is 0.364. The van der Waals surface area contributed by atoms with Crippen LogP contribution in [0.1, 0.15) is 19.0 Å². The van der Waals surface area contributed by atoms with E-state index in [0.29, 0.717) is 6.54 Å². The lowest BCUT2D eigenvalue weighted by Gasteiger charge is -2.09. The highest BCUT2D eigenvalue weighted by Gasteiger charge is 2.15. The second kappa shape index (κ2) is 5.85. The van der Waals surface area contributed by atoms with Gasteiger partial charge < -0.3 is 10.4 Å². The molecule has 0 saturated carbocycles. The van der Waals surface area contributed by atoms with E-state index in [4.69, 9.17) is 5.11 Å². The predicted molar refractivity (Wildman–Crippen MR) is 57.5 cm³/mol. The number of aromatic nitrogens is 1. The van der Waals surface area contributed by atoms with Gasteiger partial charge in [-0.3, -0.25) is 14.6 Å². The smallest absolute Gasteiger partial charge is 0.304 e. The number of carboxylic acids is 1. The van der Waals surface area contributed by atoms with Crippen molar-refractivity contribution in [2.45, 2.75) is 19.9 Å². The van der Waals surface area contributed by atoms with Crippen molar-refractivity contribution in [2.75, 3.05) is 0 Å². The van der Waals surface area contributed by atoms with Crippen LogP contribution in [0.25, 0.3) is 0 Å². The third kappa shape index (κ3) is 4.08. The van der Waals surface area contributed by atoms with E-state index in [0.717, 1.165) is 5.69 Å². The molecule has 1 atom stereocenters. The molecule has 0 aliphatic rings. The van der Waals surface area contributed by atoms with Gasteiger partial charge in [0, 0.05) is 12.1 Å². The van der Waals surface area contributed by atoms with Gasteiger partial charge in [-0.05, 0) is 12.1 Å². The van der Waals surface area contributed by atoms with Gasteiger partial charge in [0.25, 0.3) is 0 Å². The number of nitrogens with one attached hydrogen (secondary N) is 1. The Morgan fingerprint density at radius 2 is 2.25 bits per heavy atom. The molecule has 0 fully saturated rings. The fourth-order valence-electron chi connectivity index (χ4n) is 1.21. The van der Waals surface area contributed by atoms with E-state index in [9.17, 15) is 9.59 Å². The number of amides is 1. The number of nitrogens with zero attached hydrogens (tertiary/aromatic N) is 1. The van der Waals surface area contributed by atoms with Gasteiger partial charge >= 0.3 is 5.97 Å². The molecule has 0 aromatic carbocycles. The Morgan fingerprint density at radius 3 is 2.81 bits per heavy atom. The summed E-state index contributed by atoms with van der Waals surface area (Å²) in [5.41, 5.74) is 0.748. The van der Waals surface area contributed by atoms with Gasteiger partial charge in [0.2, 0.25) is 5.91 Å². The summed E-state index contributed by atoms with van der Waals surface area (Å²) < 4.78 is 0. The number of carboxylic acid groups (broad SMARTS) is 1. The summed E-state index contributed by atoms with van der Waals surface area (Å²) in [5, 5.41) is 11.2. The Morgan fingerprint density at radius 1 is 1.50 bits per heavy atom. The van der Waals surface area contributed by atoms with E-state index in [1.165, 1.54) is 0 Å². The molecule has 1 aromatic heterocycles. The Hall–Kier alpha value is -1.91. The molecule has 16 heavy (non-hydrogen) atoms. The molecule has 0 bridgehead atoms. The Bertz CT molecular complexity index is 365. The third-order valence-corrected chi connectivity index (χ3v) is 2.10. The van der Waals surface area contributed by atoms with Crippen LogP contribution in [0.3, 0.4) is 0 Å². The summed E-state index contributed by atoms with van der Waals surface area (Å²) in [6.07, 6.45) is 1.48. The normalized spacial score (nSPS) is 11.8. The molecule has 0 aliphatic heterocycles. The van der Waals surface area contributed by atoms with E-state index < -0.39 is 11.9 Å². The van der Waals surface area contributed by atoms with Crippen LogP contribution in [0.2, 0.25) is 0 Å². The zero-order valence-electron chi connectivity index (χ0n) is 9.01. The SMILES string of the molecule is CC(CC(=O)O)C(=O)NCc1ccccn1. The summed E-state index contributed by atoms with van der Waals surface area (Å²) in [4.78, 5) is 25.9. The lowest BCUT2D eigenvalue weighted by Crippen LogP contribution is -2.30. The number of carbonyl (C=O) groups excluding carboxylic acids is 1. The Balaban J connectivity index is 2.38. The predicted octanol–water partition coefficient (Wildman–Crippen LogP) is 0.809. The first-order valence-corrected chi connectivity index (χ1v) is 4.99. The molecule has 0 aliphatic carbocycles. The molecule has 5 nitrogen and oxygen atoms in total. The maximum absolute atomic E-state index is 11.4. The van der Waals surface area contributed by atoms with Crippen LogP contribution < -0.4 is 5.32 Å². The van der Waals surface area contributed by atoms with Crippen molar-refractivity contribution in [3.05, 3.63) is 30.1 Å². The molecular weight excluding hydrogens is 208 g/mol. The van der Waals surface area contributed by atoms with E-state index in [2.05, 4.69) is 10.3 Å². The number of hydrogen-bond acceptors (Lipinski definition) is 3. The fourth-order valence-corrected chi connectivity index (χ4v) is 1.21. The van der Waals surface area contributed by atoms with Crippen molar-refractivity contribution in [3.8, 4) is 0 Å². The molecule has 1 aromatic rings. The number of rotatable bonds is 5. The molecule has 2 N–H and O–H groups in total. The van der Waals surface area contributed by atoms with Gasteiger partial charge in [0.05, 0.1) is 18.7 Å². The maximum Gasteiger partial charge on any atom is 0.304 e. The Labute approximate surface area is 93.5 Å². The van der Waals surface area contributed by atoms with Crippen molar-refractivity contribution >= 4 is 11.9 Å². The highest BCUT2D eigenvalue weighted by molar-refractivity contribution is 5.82. The van der Waals surface area contributed by atoms with Crippen LogP contribution >= 0.6 is 0 Å². The first-order chi connectivity index (χ1) is 7.59. The summed E-state index contributed by atoms with van der Waals surface area (Å²) in [5.74, 6) is -1.77. The molecule has 0 radical (unpaired) electrons. The number of carbonyl (C=O) groups is 2. The molecular formula is C11H14N2O3. The summed E-state index contributed by atoms with van der Waals surface area (Å²) in [7, 11) is 0. The topological polar surface area (TPSA) is 79.3 Å². The highest BCUT2D eigenvalue weighted by atomic mass is 16.4. The van der Waals surface area contributed by atoms with E-state index in [1.54, 1.807) is 25.3 Å². The second-order valence-electron chi connectivity index (χ2n) is 3.54. The Kier molecular flexibility index (Phi) is 4.44. The van der Waals surface area contributed by atoms with Crippen LogP contribution in [-0.4, -0.2) is 22.0 Å². The maximum atomic E-state index is 11.4. The third-order valence-electron chi connectivity index (χ3n) is 2.10. The van der Waals surface area contributed by atoms with Crippen molar-refractivity contribution in [1.82, 2.24) is 10.3 Å². The van der Waals surface area contributed by atoms with Gasteiger partial charge in [0.15, 0.2) is 0 Å². The standard InChI is InChI=1S/C11H14N2O3/c1-8(6-10(14)15)11(16)13-7-9-4-2-3-5-12-9/h2-5,8H,6-7H2,1H3,(H,13,16)(H,14,15). The van der Waals surface area contributed by atoms with Crippen molar-refractivity contribution in [1.29, 1.82) is 0 Å². The molecule has 0 saturated heterocycles. The van der Waals surface area contributed by atoms with Gasteiger partial charge in [-0.1, -0.05) is 13.0 Å². The van der Waals surface area contributed by atoms with Crippen molar-refractivity contribution in [2.24, 2.45) is 5.92 Å². The largest absolute Gasteiger partial charge is 0.481 e. The average Bonchev–Trinajstić information content (AvgIpc) is 2.26. The first kappa shape index (κ1) is 12.2. The minimum Gasteiger partial charge on any atom is -0.481 e. The molecule has 5 heteroatoms. The summed E-state index contributed by atoms with van der Waals surface area (Å²) in [6, 6.07) is 5.41. The van der Waals surface area contributed by atoms with Crippen LogP contribution in [0, 0.1) is 5.92 Å². The zero-order valence-corrected chi connectivity index (χ0v) is 9.01. The average molecular weight is 222 g/mol. The van der Waals surface area contributed by atoms with E-state index >= 15 is 0 Å². The lowest BCUT2D eigenvalue weighted by molar-refractivity contribution is -0.140. The van der Waals surface area contributed by atoms with Gasteiger partial charge in [-0.25, -0.2) is 0 Å². The molecule has 1 amide bonds. The van der Waals surface area contributed by atoms with E-state index in [1.807, 2.05) is 6.07 Å². The number of hydrogen-bond donors (Lipinski definition) is 2. The van der Waals surface area contributed by atoms with Crippen LogP contribution in [0.5, 0.6) is 0 Å². The van der Waals surface area contributed by atoms with Crippen molar-refractivity contribution < 1.29 is 14.7 Å². The van der Waals surface area contributed by atoms with Crippen molar-refractivity contribution in [3.63, 3.8) is 0 Å². The van der Waals surface area contributed by atoms with Gasteiger partial charge in [-0.15, -0.1) is 0 Å². The lowest BCUT2D eigenvalue weighted by atomic mass is 10.1. The number of pyridine rings is 1. The first-order valence-electron chi connectivity index (χ1n) is 4.99. The van der Waals surface area contributed by atoms with Crippen LogP contribution in [-0.2, 0) is 16.1 Å². The summed E-state index contributed by atoms with van der Waals surface area (Å²) >= 11 is 0. The minimum atomic E-state index is -0.972. The molecule has 1 heterocycles. The quantitative estimate of drug-likeness (QED) is 0.772. The van der Waals surface area contributed by atoms with Crippen LogP contribution in [0.4, 0.5) is 0 Å². The molecule has 1 rings (SSSR count). The van der Waals surface area contributed by atoms with Crippen LogP contribution in [0.15, 0.2) is 24.4 Å². The summed E-state index contributed by atoms with van der Waals surface area (Å²) in [6.45, 7) is 1.91. The highest BCUT2D eigenvalue weighted by Crippen LogP contribution is 2.02. The molecule has 0 spiro atoms. The minimum absolute atomic E-state index is 0.159. The number of aliphatic carboxylic acids is 1. The van der Waals surface area contributed by atoms with E-state index in [-0.39, 0.29) is 12.3 Å². The van der Waals surface area contributed by atoms with Gasteiger partial charge in [0.1, 0.15) is 0 Å². The zero-order chi connectivity index (χ0) is 12.0. The molecule has 86 valence electrons.